The molecule has 25 heavy (non-hydrogen) atoms. The molecular weight excluding hydrogens is 322 g/mol. The van der Waals surface area contributed by atoms with Crippen LogP contribution in [-0.4, -0.2) is 39.2 Å². The maximum Gasteiger partial charge on any atom is 0.276 e. The number of carbonyl (C=O) groups excluding carboxylic acids is 1. The predicted molar refractivity (Wildman–Crippen MR) is 95.3 cm³/mol. The van der Waals surface area contributed by atoms with Gasteiger partial charge in [-0.15, -0.1) is 5.10 Å². The molecule has 0 atom stereocenters. The van der Waals surface area contributed by atoms with Gasteiger partial charge in [0.25, 0.3) is 5.91 Å². The Morgan fingerprint density at radius 1 is 1.00 bits per heavy atom. The number of hydrogen-bond acceptors (Lipinski definition) is 6. The summed E-state index contributed by atoms with van der Waals surface area (Å²) in [6, 6.07) is 10.8. The normalized spacial score (nSPS) is 14.5. The van der Waals surface area contributed by atoms with Crippen LogP contribution in [0, 0.1) is 0 Å². The first-order valence-electron chi connectivity index (χ1n) is 7.49. The minimum Gasteiger partial charge on any atom is -0.493 e. The van der Waals surface area contributed by atoms with Gasteiger partial charge in [-0.05, 0) is 18.2 Å². The van der Waals surface area contributed by atoms with Gasteiger partial charge in [-0.2, -0.15) is 5.10 Å². The van der Waals surface area contributed by atoms with Gasteiger partial charge in [0.15, 0.2) is 17.2 Å². The fraction of sp³-hybridized carbons (Fsp3) is 0.167. The second-order valence-electron chi connectivity index (χ2n) is 5.15. The number of nitrogens with zero attached hydrogens (tertiary/aromatic N) is 2. The van der Waals surface area contributed by atoms with Crippen molar-refractivity contribution in [3.05, 3.63) is 47.5 Å². The van der Waals surface area contributed by atoms with Gasteiger partial charge in [-0.3, -0.25) is 4.79 Å². The minimum absolute atomic E-state index is 0.275. The first kappa shape index (κ1) is 16.5. The average Bonchev–Trinajstić information content (AvgIpc) is 2.96. The lowest BCUT2D eigenvalue weighted by molar-refractivity contribution is -0.110. The van der Waals surface area contributed by atoms with Gasteiger partial charge in [0.1, 0.15) is 0 Å². The molecule has 7 nitrogen and oxygen atoms in total. The molecule has 1 aliphatic rings. The number of anilines is 1. The average molecular weight is 339 g/mol. The molecule has 128 valence electrons. The molecule has 0 radical (unpaired) electrons. The second-order valence-corrected chi connectivity index (χ2v) is 5.15. The zero-order valence-corrected chi connectivity index (χ0v) is 14.1. The Morgan fingerprint density at radius 3 is 2.32 bits per heavy atom. The molecule has 0 fully saturated rings. The first-order chi connectivity index (χ1) is 12.2. The third kappa shape index (κ3) is 3.16. The van der Waals surface area contributed by atoms with Crippen LogP contribution in [0.5, 0.6) is 17.2 Å². The van der Waals surface area contributed by atoms with Crippen LogP contribution in [0.1, 0.15) is 11.1 Å². The molecule has 0 bridgehead atoms. The lowest BCUT2D eigenvalue weighted by Crippen LogP contribution is -2.13. The number of rotatable bonds is 5. The molecule has 0 spiro atoms. The Hall–Kier alpha value is -3.35. The molecule has 2 aromatic carbocycles. The van der Waals surface area contributed by atoms with Crippen LogP contribution in [0.2, 0.25) is 0 Å². The van der Waals surface area contributed by atoms with E-state index in [1.54, 1.807) is 12.1 Å². The molecule has 1 amide bonds. The molecule has 1 heterocycles. The molecule has 2 aromatic rings. The van der Waals surface area contributed by atoms with Gasteiger partial charge in [-0.1, -0.05) is 18.2 Å². The molecule has 0 aliphatic carbocycles. The van der Waals surface area contributed by atoms with E-state index in [1.807, 2.05) is 24.3 Å². The quantitative estimate of drug-likeness (QED) is 0.670. The number of benzene rings is 2. The largest absolute Gasteiger partial charge is 0.493 e. The lowest BCUT2D eigenvalue weighted by Gasteiger charge is -2.12. The molecule has 7 heteroatoms. The molecule has 0 unspecified atom stereocenters. The standard InChI is InChI=1S/C18H17N3O4/c1-23-14-8-11(9-15(24-2)17(14)25-3)10-19-21-16-12-6-4-5-7-13(12)20-18(16)22/h4-10H,1-3H3,(H,20,21,22)/b19-10+. The van der Waals surface area contributed by atoms with Crippen LogP contribution in [0.15, 0.2) is 46.6 Å². The summed E-state index contributed by atoms with van der Waals surface area (Å²) >= 11 is 0. The Kier molecular flexibility index (Phi) is 4.65. The Labute approximate surface area is 144 Å². The maximum atomic E-state index is 12.0. The predicted octanol–water partition coefficient (Wildman–Crippen LogP) is 2.49. The molecule has 0 aromatic heterocycles. The maximum absolute atomic E-state index is 12.0. The van der Waals surface area contributed by atoms with E-state index in [0.29, 0.717) is 22.8 Å². The summed E-state index contributed by atoms with van der Waals surface area (Å²) in [5, 5.41) is 10.8. The van der Waals surface area contributed by atoms with Crippen molar-refractivity contribution in [1.29, 1.82) is 0 Å². The summed E-state index contributed by atoms with van der Waals surface area (Å²) in [5.74, 6) is 1.25. The minimum atomic E-state index is -0.275. The third-order valence-corrected chi connectivity index (χ3v) is 3.70. The van der Waals surface area contributed by atoms with E-state index in [1.165, 1.54) is 27.5 Å². The highest BCUT2D eigenvalue weighted by Crippen LogP contribution is 2.37. The zero-order chi connectivity index (χ0) is 17.8. The lowest BCUT2D eigenvalue weighted by atomic mass is 10.1. The van der Waals surface area contributed by atoms with Crippen LogP contribution < -0.4 is 19.5 Å². The van der Waals surface area contributed by atoms with Crippen molar-refractivity contribution < 1.29 is 19.0 Å². The summed E-state index contributed by atoms with van der Waals surface area (Å²) < 4.78 is 15.9. The van der Waals surface area contributed by atoms with Gasteiger partial charge < -0.3 is 19.5 Å². The van der Waals surface area contributed by atoms with E-state index in [-0.39, 0.29) is 11.6 Å². The Balaban J connectivity index is 1.91. The highest BCUT2D eigenvalue weighted by Gasteiger charge is 2.25. The number of amides is 1. The van der Waals surface area contributed by atoms with Crippen molar-refractivity contribution in [3.8, 4) is 17.2 Å². The monoisotopic (exact) mass is 339 g/mol. The zero-order valence-electron chi connectivity index (χ0n) is 14.1. The molecule has 3 rings (SSSR count). The van der Waals surface area contributed by atoms with E-state index < -0.39 is 0 Å². The molecule has 0 saturated carbocycles. The van der Waals surface area contributed by atoms with E-state index in [0.717, 1.165) is 11.3 Å². The highest BCUT2D eigenvalue weighted by atomic mass is 16.5. The smallest absolute Gasteiger partial charge is 0.276 e. The fourth-order valence-corrected chi connectivity index (χ4v) is 2.53. The van der Waals surface area contributed by atoms with Crippen molar-refractivity contribution in [2.45, 2.75) is 0 Å². The Morgan fingerprint density at radius 2 is 1.68 bits per heavy atom. The van der Waals surface area contributed by atoms with E-state index in [9.17, 15) is 4.79 Å². The van der Waals surface area contributed by atoms with Crippen molar-refractivity contribution in [3.63, 3.8) is 0 Å². The number of methoxy groups -OCH3 is 3. The summed E-state index contributed by atoms with van der Waals surface area (Å²) in [4.78, 5) is 12.0. The fourth-order valence-electron chi connectivity index (χ4n) is 2.53. The first-order valence-corrected chi connectivity index (χ1v) is 7.49. The van der Waals surface area contributed by atoms with Gasteiger partial charge >= 0.3 is 0 Å². The number of fused-ring (bicyclic) bond motifs is 1. The second kappa shape index (κ2) is 7.04. The van der Waals surface area contributed by atoms with E-state index in [4.69, 9.17) is 14.2 Å². The van der Waals surface area contributed by atoms with Gasteiger partial charge in [0, 0.05) is 11.1 Å². The molecule has 1 N–H and O–H groups in total. The van der Waals surface area contributed by atoms with Crippen molar-refractivity contribution in [1.82, 2.24) is 0 Å². The number of para-hydroxylation sites is 1. The number of carbonyl (C=O) groups is 1. The van der Waals surface area contributed by atoms with Gasteiger partial charge in [0.05, 0.1) is 33.2 Å². The van der Waals surface area contributed by atoms with Crippen LogP contribution in [0.3, 0.4) is 0 Å². The third-order valence-electron chi connectivity index (χ3n) is 3.70. The molecule has 0 saturated heterocycles. The van der Waals surface area contributed by atoms with Crippen LogP contribution in [-0.2, 0) is 4.79 Å². The number of nitrogens with one attached hydrogen (secondary N) is 1. The molecular formula is C18H17N3O4. The Bertz CT molecular complexity index is 849. The van der Waals surface area contributed by atoms with Crippen LogP contribution in [0.25, 0.3) is 0 Å². The van der Waals surface area contributed by atoms with E-state index >= 15 is 0 Å². The van der Waals surface area contributed by atoms with Gasteiger partial charge in [0.2, 0.25) is 5.75 Å². The summed E-state index contributed by atoms with van der Waals surface area (Å²) in [6.07, 6.45) is 1.52. The van der Waals surface area contributed by atoms with Crippen LogP contribution >= 0.6 is 0 Å². The summed E-state index contributed by atoms with van der Waals surface area (Å²) in [7, 11) is 4.62. The highest BCUT2D eigenvalue weighted by molar-refractivity contribution is 6.53. The number of ether oxygens (including phenoxy) is 3. The van der Waals surface area contributed by atoms with Gasteiger partial charge in [-0.25, -0.2) is 0 Å². The SMILES string of the molecule is COc1cc(/C=N/N=C2\C(=O)Nc3ccccc32)cc(OC)c1OC. The van der Waals surface area contributed by atoms with Crippen molar-refractivity contribution >= 4 is 23.5 Å². The van der Waals surface area contributed by atoms with E-state index in [2.05, 4.69) is 15.5 Å². The number of hydrogen-bond donors (Lipinski definition) is 1. The summed E-state index contributed by atoms with van der Waals surface area (Å²) in [6.45, 7) is 0. The van der Waals surface area contributed by atoms with Crippen molar-refractivity contribution in [2.75, 3.05) is 26.6 Å². The van der Waals surface area contributed by atoms with Crippen molar-refractivity contribution in [2.24, 2.45) is 10.2 Å². The summed E-state index contributed by atoms with van der Waals surface area (Å²) in [5.41, 5.74) is 2.44. The topological polar surface area (TPSA) is 81.5 Å². The molecule has 1 aliphatic heterocycles. The van der Waals surface area contributed by atoms with Crippen LogP contribution in [0.4, 0.5) is 5.69 Å².